The van der Waals surface area contributed by atoms with Crippen LogP contribution >= 0.6 is 15.9 Å². The molecule has 3 N–H and O–H groups in total. The number of hydrogen-bond acceptors (Lipinski definition) is 3. The van der Waals surface area contributed by atoms with Gasteiger partial charge in [0, 0.05) is 6.04 Å². The number of benzene rings is 2. The van der Waals surface area contributed by atoms with Crippen LogP contribution in [-0.4, -0.2) is 13.2 Å². The minimum Gasteiger partial charge on any atom is -0.496 e. The molecule has 21 heavy (non-hydrogen) atoms. The number of ether oxygens (including phenoxy) is 1. The molecular weight excluding hydrogens is 328 g/mol. The average molecular weight is 349 g/mol. The van der Waals surface area contributed by atoms with E-state index in [0.717, 1.165) is 29.5 Å². The van der Waals surface area contributed by atoms with Gasteiger partial charge in [-0.25, -0.2) is 0 Å². The summed E-state index contributed by atoms with van der Waals surface area (Å²) >= 11 is 3.52. The van der Waals surface area contributed by atoms with Gasteiger partial charge in [0.15, 0.2) is 0 Å². The van der Waals surface area contributed by atoms with Crippen molar-refractivity contribution in [3.8, 4) is 5.75 Å². The molecule has 3 nitrogen and oxygen atoms in total. The Kier molecular flexibility index (Phi) is 6.23. The summed E-state index contributed by atoms with van der Waals surface area (Å²) < 4.78 is 6.22. The molecule has 2 aromatic rings. The number of rotatable bonds is 7. The van der Waals surface area contributed by atoms with Crippen molar-refractivity contribution in [3.63, 3.8) is 0 Å². The van der Waals surface area contributed by atoms with Gasteiger partial charge >= 0.3 is 0 Å². The summed E-state index contributed by atoms with van der Waals surface area (Å²) in [6.07, 6.45) is 2.92. The third-order valence-electron chi connectivity index (χ3n) is 3.56. The van der Waals surface area contributed by atoms with Crippen molar-refractivity contribution in [2.75, 3.05) is 7.11 Å². The lowest BCUT2D eigenvalue weighted by molar-refractivity contribution is 0.411. The lowest BCUT2D eigenvalue weighted by Gasteiger charge is -2.16. The Balaban J connectivity index is 1.94. The fourth-order valence-corrected chi connectivity index (χ4v) is 2.94. The maximum Gasteiger partial charge on any atom is 0.133 e. The van der Waals surface area contributed by atoms with Crippen LogP contribution in [0.4, 0.5) is 0 Å². The summed E-state index contributed by atoms with van der Waals surface area (Å²) in [5.74, 6) is 6.54. The monoisotopic (exact) mass is 348 g/mol. The van der Waals surface area contributed by atoms with E-state index < -0.39 is 0 Å². The molecule has 0 saturated carbocycles. The summed E-state index contributed by atoms with van der Waals surface area (Å²) in [5, 5.41) is 0. The van der Waals surface area contributed by atoms with Crippen molar-refractivity contribution >= 4 is 15.9 Å². The van der Waals surface area contributed by atoms with Crippen LogP contribution in [0.5, 0.6) is 5.75 Å². The van der Waals surface area contributed by atoms with Gasteiger partial charge in [-0.2, -0.15) is 0 Å². The van der Waals surface area contributed by atoms with Gasteiger partial charge < -0.3 is 4.74 Å². The second kappa shape index (κ2) is 8.17. The molecule has 0 aliphatic carbocycles. The lowest BCUT2D eigenvalue weighted by Crippen LogP contribution is -2.37. The van der Waals surface area contributed by atoms with E-state index in [2.05, 4.69) is 57.8 Å². The molecule has 0 aliphatic heterocycles. The number of nitrogens with one attached hydrogen (secondary N) is 1. The topological polar surface area (TPSA) is 47.3 Å². The second-order valence-corrected chi connectivity index (χ2v) is 5.92. The number of nitrogens with two attached hydrogens (primary N) is 1. The first-order chi connectivity index (χ1) is 10.2. The van der Waals surface area contributed by atoms with Crippen molar-refractivity contribution in [3.05, 3.63) is 64.1 Å². The fourth-order valence-electron chi connectivity index (χ4n) is 2.35. The Morgan fingerprint density at radius 3 is 2.52 bits per heavy atom. The van der Waals surface area contributed by atoms with E-state index in [-0.39, 0.29) is 6.04 Å². The van der Waals surface area contributed by atoms with Gasteiger partial charge in [0.25, 0.3) is 0 Å². The van der Waals surface area contributed by atoms with E-state index in [0.29, 0.717) is 0 Å². The molecule has 0 radical (unpaired) electrons. The molecule has 0 bridgehead atoms. The zero-order valence-corrected chi connectivity index (χ0v) is 13.8. The summed E-state index contributed by atoms with van der Waals surface area (Å²) in [4.78, 5) is 0. The molecule has 0 heterocycles. The lowest BCUT2D eigenvalue weighted by atomic mass is 9.99. The highest BCUT2D eigenvalue weighted by Gasteiger charge is 2.10. The van der Waals surface area contributed by atoms with Gasteiger partial charge in [0.05, 0.1) is 11.6 Å². The second-order valence-electron chi connectivity index (χ2n) is 5.06. The molecule has 0 aromatic heterocycles. The van der Waals surface area contributed by atoms with Crippen LogP contribution in [0.3, 0.4) is 0 Å². The van der Waals surface area contributed by atoms with Gasteiger partial charge in [0.2, 0.25) is 0 Å². The predicted octanol–water partition coefficient (Wildman–Crippen LogP) is 3.46. The number of halogens is 1. The molecule has 112 valence electrons. The van der Waals surface area contributed by atoms with E-state index in [1.54, 1.807) is 7.11 Å². The van der Waals surface area contributed by atoms with E-state index in [1.165, 1.54) is 11.1 Å². The van der Waals surface area contributed by atoms with E-state index >= 15 is 0 Å². The van der Waals surface area contributed by atoms with Gasteiger partial charge in [-0.15, -0.1) is 0 Å². The number of methoxy groups -OCH3 is 1. The molecule has 0 saturated heterocycles. The normalized spacial score (nSPS) is 12.1. The Morgan fingerprint density at radius 1 is 1.14 bits per heavy atom. The molecule has 0 fully saturated rings. The van der Waals surface area contributed by atoms with Crippen LogP contribution in [0, 0.1) is 0 Å². The molecule has 0 spiro atoms. The van der Waals surface area contributed by atoms with Crippen LogP contribution in [0.15, 0.2) is 53.0 Å². The fraction of sp³-hybridized carbons (Fsp3) is 0.294. The largest absolute Gasteiger partial charge is 0.496 e. The minimum atomic E-state index is 0.255. The smallest absolute Gasteiger partial charge is 0.133 e. The third-order valence-corrected chi connectivity index (χ3v) is 4.18. The average Bonchev–Trinajstić information content (AvgIpc) is 2.52. The summed E-state index contributed by atoms with van der Waals surface area (Å²) in [6.45, 7) is 0. The zero-order valence-electron chi connectivity index (χ0n) is 12.2. The van der Waals surface area contributed by atoms with Crippen molar-refractivity contribution in [1.82, 2.24) is 5.43 Å². The molecule has 2 aromatic carbocycles. The van der Waals surface area contributed by atoms with Crippen molar-refractivity contribution in [2.24, 2.45) is 5.84 Å². The summed E-state index contributed by atoms with van der Waals surface area (Å²) in [7, 11) is 1.67. The highest BCUT2D eigenvalue weighted by Crippen LogP contribution is 2.26. The highest BCUT2D eigenvalue weighted by atomic mass is 79.9. The van der Waals surface area contributed by atoms with Crippen molar-refractivity contribution in [1.29, 1.82) is 0 Å². The first-order valence-electron chi connectivity index (χ1n) is 7.05. The van der Waals surface area contributed by atoms with Gasteiger partial charge in [-0.3, -0.25) is 11.3 Å². The SMILES string of the molecule is COc1ccc(CC(CCc2ccccc2)NN)cc1Br. The van der Waals surface area contributed by atoms with Crippen LogP contribution in [0.25, 0.3) is 0 Å². The Morgan fingerprint density at radius 2 is 1.90 bits per heavy atom. The van der Waals surface area contributed by atoms with Crippen LogP contribution in [-0.2, 0) is 12.8 Å². The Hall–Kier alpha value is -1.36. The maximum absolute atomic E-state index is 5.69. The van der Waals surface area contributed by atoms with Crippen LogP contribution in [0.1, 0.15) is 17.5 Å². The van der Waals surface area contributed by atoms with Crippen LogP contribution < -0.4 is 16.0 Å². The number of aryl methyl sites for hydroxylation is 1. The van der Waals surface area contributed by atoms with Crippen molar-refractivity contribution < 1.29 is 4.74 Å². The molecule has 4 heteroatoms. The first-order valence-corrected chi connectivity index (χ1v) is 7.84. The Bertz CT molecular complexity index is 560. The maximum atomic E-state index is 5.69. The number of hydrazine groups is 1. The minimum absolute atomic E-state index is 0.255. The van der Waals surface area contributed by atoms with Gasteiger partial charge in [-0.1, -0.05) is 36.4 Å². The molecule has 0 aliphatic rings. The highest BCUT2D eigenvalue weighted by molar-refractivity contribution is 9.10. The zero-order chi connectivity index (χ0) is 15.1. The Labute approximate surface area is 134 Å². The van der Waals surface area contributed by atoms with E-state index in [1.807, 2.05) is 12.1 Å². The van der Waals surface area contributed by atoms with Gasteiger partial charge in [-0.05, 0) is 58.5 Å². The summed E-state index contributed by atoms with van der Waals surface area (Å²) in [6, 6.07) is 16.9. The molecule has 0 amide bonds. The molecule has 1 unspecified atom stereocenters. The van der Waals surface area contributed by atoms with Gasteiger partial charge in [0.1, 0.15) is 5.75 Å². The molecule has 2 rings (SSSR count). The first kappa shape index (κ1) is 16.0. The summed E-state index contributed by atoms with van der Waals surface area (Å²) in [5.41, 5.74) is 5.50. The van der Waals surface area contributed by atoms with Crippen LogP contribution in [0.2, 0.25) is 0 Å². The predicted molar refractivity (Wildman–Crippen MR) is 90.3 cm³/mol. The quantitative estimate of drug-likeness (QED) is 0.594. The van der Waals surface area contributed by atoms with Crippen molar-refractivity contribution in [2.45, 2.75) is 25.3 Å². The van der Waals surface area contributed by atoms with E-state index in [4.69, 9.17) is 10.6 Å². The third kappa shape index (κ3) is 4.84. The standard InChI is InChI=1S/C17H21BrN2O/c1-21-17-10-8-14(12-16(17)18)11-15(20-19)9-7-13-5-3-2-4-6-13/h2-6,8,10,12,15,20H,7,9,11,19H2,1H3. The molecular formula is C17H21BrN2O. The van der Waals surface area contributed by atoms with E-state index in [9.17, 15) is 0 Å². The number of hydrogen-bond donors (Lipinski definition) is 2. The molecule has 1 atom stereocenters.